The van der Waals surface area contributed by atoms with E-state index in [4.69, 9.17) is 0 Å². The van der Waals surface area contributed by atoms with Gasteiger partial charge in [-0.1, -0.05) is 12.1 Å². The van der Waals surface area contributed by atoms with Gasteiger partial charge < -0.3 is 14.6 Å². The second-order valence-corrected chi connectivity index (χ2v) is 2.36. The Morgan fingerprint density at radius 1 is 1.14 bits per heavy atom. The molecule has 14 heavy (non-hydrogen) atoms. The number of hydrogen-bond acceptors (Lipinski definition) is 4. The largest absolute Gasteiger partial charge is 2.00 e. The Morgan fingerprint density at radius 2 is 1.57 bits per heavy atom. The quantitative estimate of drug-likeness (QED) is 0.526. The molecule has 1 radical (unpaired) electrons. The summed E-state index contributed by atoms with van der Waals surface area (Å²) in [5.41, 5.74) is 0.347. The summed E-state index contributed by atoms with van der Waals surface area (Å²) in [6, 6.07) is 5.33. The van der Waals surface area contributed by atoms with Gasteiger partial charge in [-0.2, -0.15) is 0 Å². The van der Waals surface area contributed by atoms with E-state index in [9.17, 15) is 14.7 Å². The van der Waals surface area contributed by atoms with E-state index in [1.54, 1.807) is 0 Å². The van der Waals surface area contributed by atoms with E-state index >= 15 is 0 Å². The van der Waals surface area contributed by atoms with Gasteiger partial charge in [0, 0.05) is 0 Å². The minimum absolute atomic E-state index is 0. The molecule has 1 rings (SSSR count). The van der Waals surface area contributed by atoms with E-state index in [2.05, 4.69) is 4.74 Å². The van der Waals surface area contributed by atoms with Gasteiger partial charge in [-0.05, 0) is 17.7 Å². The molecule has 4 nitrogen and oxygen atoms in total. The molecule has 0 unspecified atom stereocenters. The van der Waals surface area contributed by atoms with Crippen LogP contribution in [0.4, 0.5) is 0 Å². The van der Waals surface area contributed by atoms with Gasteiger partial charge in [0.25, 0.3) is 0 Å². The van der Waals surface area contributed by atoms with E-state index in [0.717, 1.165) is 0 Å². The van der Waals surface area contributed by atoms with Crippen LogP contribution in [0.5, 0.6) is 0 Å². The topological polar surface area (TPSA) is 66.4 Å². The van der Waals surface area contributed by atoms with Gasteiger partial charge in [-0.15, -0.1) is 0 Å². The van der Waals surface area contributed by atoms with Gasteiger partial charge >= 0.3 is 23.0 Å². The molecule has 73 valence electrons. The minimum Gasteiger partial charge on any atom is -0.545 e. The molecule has 5 heteroatoms. The van der Waals surface area contributed by atoms with Crippen LogP contribution in [0.3, 0.4) is 0 Å². The summed E-state index contributed by atoms with van der Waals surface area (Å²) in [7, 11) is 1.26. The van der Waals surface area contributed by atoms with E-state index in [1.165, 1.54) is 31.4 Å². The van der Waals surface area contributed by atoms with Crippen LogP contribution < -0.4 is 5.11 Å². The summed E-state index contributed by atoms with van der Waals surface area (Å²) >= 11 is 0. The van der Waals surface area contributed by atoms with E-state index < -0.39 is 11.9 Å². The number of aromatic carboxylic acids is 1. The third kappa shape index (κ3) is 2.87. The zero-order chi connectivity index (χ0) is 9.84. The van der Waals surface area contributed by atoms with Crippen molar-refractivity contribution < 1.29 is 36.5 Å². The number of ether oxygens (including phenoxy) is 1. The van der Waals surface area contributed by atoms with Crippen LogP contribution in [0.2, 0.25) is 0 Å². The van der Waals surface area contributed by atoms with Crippen molar-refractivity contribution in [1.29, 1.82) is 0 Å². The Kier molecular flexibility index (Phi) is 4.91. The second-order valence-electron chi connectivity index (χ2n) is 2.36. The van der Waals surface area contributed by atoms with Crippen LogP contribution in [-0.2, 0) is 21.8 Å². The van der Waals surface area contributed by atoms with Gasteiger partial charge in [-0.3, -0.25) is 0 Å². The predicted molar refractivity (Wildman–Crippen MR) is 42.1 cm³/mol. The van der Waals surface area contributed by atoms with Gasteiger partial charge in [-0.25, -0.2) is 4.79 Å². The average Bonchev–Trinajstić information content (AvgIpc) is 2.17. The first kappa shape index (κ1) is 12.7. The molecular weight excluding hydrogens is 227 g/mol. The van der Waals surface area contributed by atoms with E-state index in [0.29, 0.717) is 5.56 Å². The van der Waals surface area contributed by atoms with Gasteiger partial charge in [0.1, 0.15) is 0 Å². The van der Waals surface area contributed by atoms with Crippen LogP contribution in [0.1, 0.15) is 20.7 Å². The van der Waals surface area contributed by atoms with Crippen LogP contribution in [0, 0.1) is 0 Å². The third-order valence-electron chi connectivity index (χ3n) is 1.54. The van der Waals surface area contributed by atoms with Crippen molar-refractivity contribution in [2.45, 2.75) is 0 Å². The van der Waals surface area contributed by atoms with Gasteiger partial charge in [0.15, 0.2) is 0 Å². The first-order chi connectivity index (χ1) is 6.15. The first-order valence-corrected chi connectivity index (χ1v) is 3.55. The van der Waals surface area contributed by atoms with E-state index in [1.807, 2.05) is 0 Å². The zero-order valence-corrected chi connectivity index (χ0v) is 8.50. The number of rotatable bonds is 2. The van der Waals surface area contributed by atoms with Crippen LogP contribution >= 0.6 is 0 Å². The molecule has 1 aromatic carbocycles. The van der Waals surface area contributed by atoms with Crippen molar-refractivity contribution in [2.24, 2.45) is 0 Å². The SMILES string of the molecule is COC(=O)c1ccc(C(=O)[O-])cc1.[Mn+2]. The summed E-state index contributed by atoms with van der Waals surface area (Å²) in [5.74, 6) is -1.76. The smallest absolute Gasteiger partial charge is 0.545 e. The standard InChI is InChI=1S/C9H8O4.Mn/c1-13-9(12)7-4-2-6(3-5-7)8(10)11;/h2-5H,1H3,(H,10,11);/q;+2/p-1. The fraction of sp³-hybridized carbons (Fsp3) is 0.111. The minimum atomic E-state index is -1.27. The van der Waals surface area contributed by atoms with Crippen LogP contribution in [0.25, 0.3) is 0 Å². The van der Waals surface area contributed by atoms with Crippen molar-refractivity contribution in [3.05, 3.63) is 35.4 Å². The maximum absolute atomic E-state index is 10.9. The van der Waals surface area contributed by atoms with Crippen molar-refractivity contribution in [1.82, 2.24) is 0 Å². The molecule has 0 N–H and O–H groups in total. The Balaban J connectivity index is 0.00000169. The maximum Gasteiger partial charge on any atom is 2.00 e. The van der Waals surface area contributed by atoms with Crippen molar-refractivity contribution in [2.75, 3.05) is 7.11 Å². The summed E-state index contributed by atoms with van der Waals surface area (Å²) in [4.78, 5) is 21.2. The normalized spacial score (nSPS) is 8.64. The number of carbonyl (C=O) groups excluding carboxylic acids is 2. The number of carbonyl (C=O) groups is 2. The second kappa shape index (κ2) is 5.42. The third-order valence-corrected chi connectivity index (χ3v) is 1.54. The molecular formula is C9H7MnO4+. The maximum atomic E-state index is 10.9. The Bertz CT molecular complexity index is 331. The molecule has 0 aliphatic rings. The molecule has 0 heterocycles. The molecule has 0 bridgehead atoms. The van der Waals surface area contributed by atoms with Crippen molar-refractivity contribution in [3.63, 3.8) is 0 Å². The Morgan fingerprint density at radius 3 is 1.93 bits per heavy atom. The number of carboxylic acid groups (broad SMARTS) is 1. The molecule has 0 aliphatic carbocycles. The molecule has 0 aromatic heterocycles. The Labute approximate surface area is 91.4 Å². The predicted octanol–water partition coefficient (Wildman–Crippen LogP) is -0.166. The fourth-order valence-electron chi connectivity index (χ4n) is 0.860. The van der Waals surface area contributed by atoms with Crippen LogP contribution in [0.15, 0.2) is 24.3 Å². The molecule has 0 spiro atoms. The molecule has 0 aliphatic heterocycles. The molecule has 0 amide bonds. The zero-order valence-electron chi connectivity index (χ0n) is 7.32. The summed E-state index contributed by atoms with van der Waals surface area (Å²) in [6.45, 7) is 0. The van der Waals surface area contributed by atoms with Crippen LogP contribution in [-0.4, -0.2) is 19.0 Å². The first-order valence-electron chi connectivity index (χ1n) is 3.55. The molecule has 1 aromatic rings. The fourth-order valence-corrected chi connectivity index (χ4v) is 0.860. The molecule has 0 saturated heterocycles. The van der Waals surface area contributed by atoms with Crippen molar-refractivity contribution in [3.8, 4) is 0 Å². The van der Waals surface area contributed by atoms with Gasteiger partial charge in [0.05, 0.1) is 18.6 Å². The molecule has 0 atom stereocenters. The Hall–Kier alpha value is -1.32. The summed E-state index contributed by atoms with van der Waals surface area (Å²) < 4.78 is 4.43. The number of carboxylic acids is 1. The average molecular weight is 234 g/mol. The van der Waals surface area contributed by atoms with Crippen molar-refractivity contribution >= 4 is 11.9 Å². The number of methoxy groups -OCH3 is 1. The summed E-state index contributed by atoms with van der Waals surface area (Å²) in [5, 5.41) is 10.3. The van der Waals surface area contributed by atoms with Gasteiger partial charge in [0.2, 0.25) is 0 Å². The number of benzene rings is 1. The molecule has 0 saturated carbocycles. The number of esters is 1. The molecule has 0 fully saturated rings. The number of hydrogen-bond donors (Lipinski definition) is 0. The summed E-state index contributed by atoms with van der Waals surface area (Å²) in [6.07, 6.45) is 0. The van der Waals surface area contributed by atoms with E-state index in [-0.39, 0.29) is 22.6 Å². The monoisotopic (exact) mass is 234 g/mol.